The maximum Gasteiger partial charge on any atom is 0.273 e. The number of piperazine rings is 1. The molecule has 1 amide bonds. The van der Waals surface area contributed by atoms with E-state index in [2.05, 4.69) is 40.1 Å². The minimum atomic E-state index is 0.0447. The highest BCUT2D eigenvalue weighted by molar-refractivity contribution is 7.13. The van der Waals surface area contributed by atoms with Crippen LogP contribution in [0.3, 0.4) is 0 Å². The highest BCUT2D eigenvalue weighted by Crippen LogP contribution is 2.18. The fraction of sp³-hybridized carbons (Fsp3) is 0.526. The Morgan fingerprint density at radius 2 is 2.08 bits per heavy atom. The lowest BCUT2D eigenvalue weighted by atomic mass is 10.2. The van der Waals surface area contributed by atoms with Crippen LogP contribution in [-0.4, -0.2) is 64.9 Å². The lowest BCUT2D eigenvalue weighted by molar-refractivity contribution is 0.0633. The summed E-state index contributed by atoms with van der Waals surface area (Å²) in [7, 11) is 0. The lowest BCUT2D eigenvalue weighted by Gasteiger charge is -2.34. The zero-order valence-corrected chi connectivity index (χ0v) is 16.3. The van der Waals surface area contributed by atoms with Crippen LogP contribution in [0.1, 0.15) is 30.0 Å². The van der Waals surface area contributed by atoms with E-state index in [0.717, 1.165) is 56.5 Å². The normalized spacial score (nSPS) is 15.4. The van der Waals surface area contributed by atoms with Crippen molar-refractivity contribution in [2.24, 2.45) is 5.92 Å². The van der Waals surface area contributed by atoms with Crippen LogP contribution in [0, 0.1) is 5.92 Å². The van der Waals surface area contributed by atoms with Crippen molar-refractivity contribution in [3.8, 4) is 0 Å². The standard InChI is InChI=1S/C19H27N5OS/c1-15(2)13-21-19-22-17(14-26-19)18(25)24-11-9-23(10-12-24)8-6-16-5-3-4-7-20-16/h3-5,7,14-15H,6,8-13H2,1-2H3,(H,21,22). The van der Waals surface area contributed by atoms with Gasteiger partial charge in [0.1, 0.15) is 5.69 Å². The van der Waals surface area contributed by atoms with Crippen molar-refractivity contribution in [3.05, 3.63) is 41.2 Å². The number of hydrogen-bond donors (Lipinski definition) is 1. The summed E-state index contributed by atoms with van der Waals surface area (Å²) in [6.45, 7) is 9.48. The number of nitrogens with zero attached hydrogens (tertiary/aromatic N) is 4. The molecule has 2 aromatic heterocycles. The van der Waals surface area contributed by atoms with Crippen molar-refractivity contribution in [1.82, 2.24) is 19.8 Å². The second-order valence-corrected chi connectivity index (χ2v) is 7.88. The molecule has 1 aliphatic heterocycles. The van der Waals surface area contributed by atoms with Crippen LogP contribution >= 0.6 is 11.3 Å². The molecular formula is C19H27N5OS. The molecule has 7 heteroatoms. The first-order valence-corrected chi connectivity index (χ1v) is 10.1. The number of anilines is 1. The molecule has 0 aliphatic carbocycles. The van der Waals surface area contributed by atoms with E-state index in [9.17, 15) is 4.79 Å². The number of aromatic nitrogens is 2. The third-order valence-corrected chi connectivity index (χ3v) is 5.25. The van der Waals surface area contributed by atoms with Gasteiger partial charge in [-0.1, -0.05) is 19.9 Å². The van der Waals surface area contributed by atoms with Crippen molar-refractivity contribution < 1.29 is 4.79 Å². The van der Waals surface area contributed by atoms with Crippen molar-refractivity contribution >= 4 is 22.4 Å². The Balaban J connectivity index is 1.44. The molecule has 3 rings (SSSR count). The van der Waals surface area contributed by atoms with Gasteiger partial charge in [-0.25, -0.2) is 4.98 Å². The molecule has 1 saturated heterocycles. The quantitative estimate of drug-likeness (QED) is 0.808. The number of thiazole rings is 1. The van der Waals surface area contributed by atoms with Crippen molar-refractivity contribution in [2.45, 2.75) is 20.3 Å². The van der Waals surface area contributed by atoms with E-state index < -0.39 is 0 Å². The molecule has 0 atom stereocenters. The summed E-state index contributed by atoms with van der Waals surface area (Å²) in [5.74, 6) is 0.598. The number of hydrogen-bond acceptors (Lipinski definition) is 6. The van der Waals surface area contributed by atoms with Gasteiger partial charge in [-0.15, -0.1) is 11.3 Å². The summed E-state index contributed by atoms with van der Waals surface area (Å²) < 4.78 is 0. The Hall–Kier alpha value is -1.99. The van der Waals surface area contributed by atoms with Gasteiger partial charge in [0, 0.05) is 63.0 Å². The number of pyridine rings is 1. The molecule has 6 nitrogen and oxygen atoms in total. The van der Waals surface area contributed by atoms with Crippen LogP contribution in [0.2, 0.25) is 0 Å². The summed E-state index contributed by atoms with van der Waals surface area (Å²) in [5, 5.41) is 5.97. The lowest BCUT2D eigenvalue weighted by Crippen LogP contribution is -2.49. The van der Waals surface area contributed by atoms with Crippen molar-refractivity contribution in [3.63, 3.8) is 0 Å². The molecule has 1 fully saturated rings. The fourth-order valence-electron chi connectivity index (χ4n) is 2.90. The Morgan fingerprint density at radius 1 is 1.27 bits per heavy atom. The van der Waals surface area contributed by atoms with E-state index in [0.29, 0.717) is 11.6 Å². The van der Waals surface area contributed by atoms with Gasteiger partial charge in [-0.3, -0.25) is 14.7 Å². The van der Waals surface area contributed by atoms with Gasteiger partial charge in [0.15, 0.2) is 5.13 Å². The number of rotatable bonds is 7. The summed E-state index contributed by atoms with van der Waals surface area (Å²) in [6.07, 6.45) is 2.79. The molecule has 0 unspecified atom stereocenters. The first-order chi connectivity index (χ1) is 12.6. The van der Waals surface area contributed by atoms with Gasteiger partial charge in [0.05, 0.1) is 0 Å². The van der Waals surface area contributed by atoms with Gasteiger partial charge in [0.25, 0.3) is 5.91 Å². The highest BCUT2D eigenvalue weighted by atomic mass is 32.1. The molecule has 2 aromatic rings. The number of carbonyl (C=O) groups excluding carboxylic acids is 1. The van der Waals surface area contributed by atoms with Crippen LogP contribution in [0.5, 0.6) is 0 Å². The molecule has 0 bridgehead atoms. The van der Waals surface area contributed by atoms with Gasteiger partial charge in [0.2, 0.25) is 0 Å². The number of nitrogens with one attached hydrogen (secondary N) is 1. The minimum Gasteiger partial charge on any atom is -0.361 e. The SMILES string of the molecule is CC(C)CNc1nc(C(=O)N2CCN(CCc3ccccn3)CC2)cs1. The third-order valence-electron chi connectivity index (χ3n) is 4.45. The first-order valence-electron chi connectivity index (χ1n) is 9.23. The van der Waals surface area contributed by atoms with Gasteiger partial charge in [-0.2, -0.15) is 0 Å². The maximum absolute atomic E-state index is 12.7. The van der Waals surface area contributed by atoms with E-state index in [1.54, 1.807) is 0 Å². The van der Waals surface area contributed by atoms with E-state index in [1.807, 2.05) is 28.6 Å². The Bertz CT molecular complexity index is 695. The molecule has 3 heterocycles. The molecule has 1 aliphatic rings. The summed E-state index contributed by atoms with van der Waals surface area (Å²) >= 11 is 1.50. The Kier molecular flexibility index (Phi) is 6.57. The first kappa shape index (κ1) is 18.8. The van der Waals surface area contributed by atoms with Crippen molar-refractivity contribution in [2.75, 3.05) is 44.6 Å². The maximum atomic E-state index is 12.7. The van der Waals surface area contributed by atoms with Gasteiger partial charge >= 0.3 is 0 Å². The Labute approximate surface area is 159 Å². The summed E-state index contributed by atoms with van der Waals surface area (Å²) in [4.78, 5) is 25.8. The Morgan fingerprint density at radius 3 is 2.77 bits per heavy atom. The average Bonchev–Trinajstić information content (AvgIpc) is 3.14. The number of amides is 1. The van der Waals surface area contributed by atoms with Crippen molar-refractivity contribution in [1.29, 1.82) is 0 Å². The van der Waals surface area contributed by atoms with E-state index in [-0.39, 0.29) is 5.91 Å². The van der Waals surface area contributed by atoms with Gasteiger partial charge < -0.3 is 10.2 Å². The molecular weight excluding hydrogens is 346 g/mol. The molecule has 140 valence electrons. The molecule has 26 heavy (non-hydrogen) atoms. The third kappa shape index (κ3) is 5.25. The molecule has 0 radical (unpaired) electrons. The predicted molar refractivity (Wildman–Crippen MR) is 106 cm³/mol. The second-order valence-electron chi connectivity index (χ2n) is 7.02. The largest absolute Gasteiger partial charge is 0.361 e. The van der Waals surface area contributed by atoms with Crippen LogP contribution in [0.25, 0.3) is 0 Å². The van der Waals surface area contributed by atoms with Gasteiger partial charge in [-0.05, 0) is 18.1 Å². The van der Waals surface area contributed by atoms with E-state index in [1.165, 1.54) is 11.3 Å². The zero-order valence-electron chi connectivity index (χ0n) is 15.5. The van der Waals surface area contributed by atoms with E-state index >= 15 is 0 Å². The zero-order chi connectivity index (χ0) is 18.4. The monoisotopic (exact) mass is 373 g/mol. The topological polar surface area (TPSA) is 61.4 Å². The fourth-order valence-corrected chi connectivity index (χ4v) is 3.59. The second kappa shape index (κ2) is 9.09. The molecule has 0 spiro atoms. The van der Waals surface area contributed by atoms with Crippen LogP contribution in [0.4, 0.5) is 5.13 Å². The van der Waals surface area contributed by atoms with Crippen LogP contribution in [0.15, 0.2) is 29.8 Å². The summed E-state index contributed by atoms with van der Waals surface area (Å²) in [6, 6.07) is 6.03. The van der Waals surface area contributed by atoms with E-state index in [4.69, 9.17) is 0 Å². The van der Waals surface area contributed by atoms with Crippen LogP contribution < -0.4 is 5.32 Å². The molecule has 0 saturated carbocycles. The molecule has 0 aromatic carbocycles. The smallest absolute Gasteiger partial charge is 0.273 e. The highest BCUT2D eigenvalue weighted by Gasteiger charge is 2.23. The summed E-state index contributed by atoms with van der Waals surface area (Å²) in [5.41, 5.74) is 1.68. The number of carbonyl (C=O) groups is 1. The average molecular weight is 374 g/mol. The molecule has 1 N–H and O–H groups in total. The predicted octanol–water partition coefficient (Wildman–Crippen LogP) is 2.61. The minimum absolute atomic E-state index is 0.0447. The van der Waals surface area contributed by atoms with Crippen LogP contribution in [-0.2, 0) is 6.42 Å².